The predicted molar refractivity (Wildman–Crippen MR) is 46.6 cm³/mol. The molecule has 0 bridgehead atoms. The van der Waals surface area contributed by atoms with Gasteiger partial charge in [0.05, 0.1) is 5.60 Å². The molecule has 0 aromatic rings. The van der Waals surface area contributed by atoms with E-state index >= 15 is 0 Å². The van der Waals surface area contributed by atoms with Gasteiger partial charge in [-0.1, -0.05) is 6.42 Å². The van der Waals surface area contributed by atoms with Crippen LogP contribution in [0.5, 0.6) is 0 Å². The van der Waals surface area contributed by atoms with Crippen LogP contribution in [0.2, 0.25) is 0 Å². The Labute approximate surface area is 69.0 Å². The minimum atomic E-state index is -0.505. The van der Waals surface area contributed by atoms with E-state index in [1.54, 1.807) is 0 Å². The third kappa shape index (κ3) is 3.73. The average molecular weight is 157 g/mol. The molecule has 0 aromatic heterocycles. The number of rotatable bonds is 2. The molecule has 1 rings (SSSR count). The maximum Gasteiger partial charge on any atom is 0.0606 e. The van der Waals surface area contributed by atoms with E-state index in [2.05, 4.69) is 5.32 Å². The van der Waals surface area contributed by atoms with Crippen molar-refractivity contribution in [2.45, 2.75) is 51.2 Å². The van der Waals surface area contributed by atoms with Gasteiger partial charge in [-0.3, -0.25) is 0 Å². The minimum Gasteiger partial charge on any atom is -0.390 e. The Morgan fingerprint density at radius 1 is 1.45 bits per heavy atom. The van der Waals surface area contributed by atoms with Crippen LogP contribution in [0.4, 0.5) is 0 Å². The Hall–Kier alpha value is -0.0800. The van der Waals surface area contributed by atoms with Gasteiger partial charge >= 0.3 is 0 Å². The summed E-state index contributed by atoms with van der Waals surface area (Å²) in [5.41, 5.74) is -0.505. The Kier molecular flexibility index (Phi) is 2.90. The van der Waals surface area contributed by atoms with Crippen LogP contribution in [-0.4, -0.2) is 23.3 Å². The fourth-order valence-electron chi connectivity index (χ4n) is 1.70. The van der Waals surface area contributed by atoms with Gasteiger partial charge in [-0.25, -0.2) is 0 Å². The van der Waals surface area contributed by atoms with Gasteiger partial charge in [0.15, 0.2) is 0 Å². The standard InChI is InChI=1S/C9H19NO/c1-9(2,11)7-8-5-3-4-6-10-8/h8,10-11H,3-7H2,1-2H3. The van der Waals surface area contributed by atoms with Gasteiger partial charge < -0.3 is 10.4 Å². The molecular weight excluding hydrogens is 138 g/mol. The first-order valence-corrected chi connectivity index (χ1v) is 4.54. The molecule has 11 heavy (non-hydrogen) atoms. The highest BCUT2D eigenvalue weighted by Crippen LogP contribution is 2.17. The number of aliphatic hydroxyl groups is 1. The van der Waals surface area contributed by atoms with Crippen molar-refractivity contribution < 1.29 is 5.11 Å². The summed E-state index contributed by atoms with van der Waals surface area (Å²) in [6.45, 7) is 4.88. The van der Waals surface area contributed by atoms with Gasteiger partial charge in [0.2, 0.25) is 0 Å². The first-order valence-electron chi connectivity index (χ1n) is 4.54. The predicted octanol–water partition coefficient (Wildman–Crippen LogP) is 1.29. The quantitative estimate of drug-likeness (QED) is 0.633. The van der Waals surface area contributed by atoms with E-state index in [1.807, 2.05) is 13.8 Å². The molecule has 1 fully saturated rings. The molecule has 2 heteroatoms. The van der Waals surface area contributed by atoms with Crippen LogP contribution >= 0.6 is 0 Å². The molecule has 1 aliphatic rings. The van der Waals surface area contributed by atoms with Gasteiger partial charge in [-0.15, -0.1) is 0 Å². The van der Waals surface area contributed by atoms with E-state index in [-0.39, 0.29) is 0 Å². The highest BCUT2D eigenvalue weighted by atomic mass is 16.3. The summed E-state index contributed by atoms with van der Waals surface area (Å²) in [5.74, 6) is 0. The third-order valence-electron chi connectivity index (χ3n) is 2.16. The number of nitrogens with one attached hydrogen (secondary N) is 1. The molecule has 0 saturated carbocycles. The lowest BCUT2D eigenvalue weighted by Crippen LogP contribution is -2.39. The number of piperidine rings is 1. The Bertz CT molecular complexity index is 111. The van der Waals surface area contributed by atoms with Crippen molar-refractivity contribution in [3.8, 4) is 0 Å². The van der Waals surface area contributed by atoms with Crippen molar-refractivity contribution in [1.82, 2.24) is 5.32 Å². The van der Waals surface area contributed by atoms with Crippen LogP contribution in [0.25, 0.3) is 0 Å². The second-order valence-corrected chi connectivity index (χ2v) is 4.16. The van der Waals surface area contributed by atoms with Crippen molar-refractivity contribution in [2.24, 2.45) is 0 Å². The Morgan fingerprint density at radius 3 is 2.64 bits per heavy atom. The van der Waals surface area contributed by atoms with Crippen LogP contribution in [0.3, 0.4) is 0 Å². The van der Waals surface area contributed by atoms with Crippen LogP contribution in [0, 0.1) is 0 Å². The molecule has 0 aliphatic carbocycles. The maximum absolute atomic E-state index is 9.53. The monoisotopic (exact) mass is 157 g/mol. The smallest absolute Gasteiger partial charge is 0.0606 e. The maximum atomic E-state index is 9.53. The minimum absolute atomic E-state index is 0.505. The first-order chi connectivity index (χ1) is 5.08. The summed E-state index contributed by atoms with van der Waals surface area (Å²) in [7, 11) is 0. The van der Waals surface area contributed by atoms with Gasteiger partial charge in [0, 0.05) is 6.04 Å². The van der Waals surface area contributed by atoms with Gasteiger partial charge in [0.25, 0.3) is 0 Å². The molecule has 2 nitrogen and oxygen atoms in total. The van der Waals surface area contributed by atoms with E-state index in [0.29, 0.717) is 6.04 Å². The Morgan fingerprint density at radius 2 is 2.18 bits per heavy atom. The fourth-order valence-corrected chi connectivity index (χ4v) is 1.70. The molecule has 1 atom stereocenters. The SMILES string of the molecule is CC(C)(O)CC1CCCCN1. The van der Waals surface area contributed by atoms with Crippen LogP contribution in [0.1, 0.15) is 39.5 Å². The third-order valence-corrected chi connectivity index (χ3v) is 2.16. The molecule has 0 amide bonds. The highest BCUT2D eigenvalue weighted by molar-refractivity contribution is 4.79. The summed E-state index contributed by atoms with van der Waals surface area (Å²) in [6.07, 6.45) is 4.72. The fraction of sp³-hybridized carbons (Fsp3) is 1.00. The summed E-state index contributed by atoms with van der Waals surface area (Å²) in [6, 6.07) is 0.545. The van der Waals surface area contributed by atoms with Gasteiger partial charge in [-0.05, 0) is 39.7 Å². The molecule has 0 spiro atoms. The van der Waals surface area contributed by atoms with E-state index < -0.39 is 5.60 Å². The zero-order chi connectivity index (χ0) is 8.32. The molecule has 66 valence electrons. The van der Waals surface area contributed by atoms with E-state index in [0.717, 1.165) is 13.0 Å². The van der Waals surface area contributed by atoms with Crippen LogP contribution in [0.15, 0.2) is 0 Å². The molecule has 1 heterocycles. The lowest BCUT2D eigenvalue weighted by molar-refractivity contribution is 0.0556. The zero-order valence-electron chi connectivity index (χ0n) is 7.56. The number of hydrogen-bond donors (Lipinski definition) is 2. The molecule has 0 radical (unpaired) electrons. The Balaban J connectivity index is 2.24. The van der Waals surface area contributed by atoms with Gasteiger partial charge in [0.1, 0.15) is 0 Å². The number of hydrogen-bond acceptors (Lipinski definition) is 2. The molecule has 2 N–H and O–H groups in total. The molecular formula is C9H19NO. The molecule has 0 aromatic carbocycles. The summed E-state index contributed by atoms with van der Waals surface area (Å²) in [5, 5.41) is 12.9. The topological polar surface area (TPSA) is 32.3 Å². The average Bonchev–Trinajstić information content (AvgIpc) is 1.85. The van der Waals surface area contributed by atoms with Gasteiger partial charge in [-0.2, -0.15) is 0 Å². The van der Waals surface area contributed by atoms with Crippen molar-refractivity contribution in [3.63, 3.8) is 0 Å². The summed E-state index contributed by atoms with van der Waals surface area (Å²) in [4.78, 5) is 0. The van der Waals surface area contributed by atoms with Crippen molar-refractivity contribution in [2.75, 3.05) is 6.54 Å². The van der Waals surface area contributed by atoms with Crippen molar-refractivity contribution >= 4 is 0 Å². The molecule has 1 aliphatic heterocycles. The zero-order valence-corrected chi connectivity index (χ0v) is 7.56. The summed E-state index contributed by atoms with van der Waals surface area (Å²) < 4.78 is 0. The summed E-state index contributed by atoms with van der Waals surface area (Å²) >= 11 is 0. The van der Waals surface area contributed by atoms with E-state index in [9.17, 15) is 5.11 Å². The highest BCUT2D eigenvalue weighted by Gasteiger charge is 2.21. The second-order valence-electron chi connectivity index (χ2n) is 4.16. The van der Waals surface area contributed by atoms with Crippen LogP contribution < -0.4 is 5.32 Å². The van der Waals surface area contributed by atoms with E-state index in [4.69, 9.17) is 0 Å². The molecule has 1 saturated heterocycles. The molecule has 1 unspecified atom stereocenters. The van der Waals surface area contributed by atoms with Crippen LogP contribution in [-0.2, 0) is 0 Å². The van der Waals surface area contributed by atoms with Crippen molar-refractivity contribution in [3.05, 3.63) is 0 Å². The largest absolute Gasteiger partial charge is 0.390 e. The second kappa shape index (κ2) is 3.55. The first kappa shape index (κ1) is 9.01. The lowest BCUT2D eigenvalue weighted by Gasteiger charge is -2.28. The normalized spacial score (nSPS) is 27.0. The lowest BCUT2D eigenvalue weighted by atomic mass is 9.93. The van der Waals surface area contributed by atoms with Crippen molar-refractivity contribution in [1.29, 1.82) is 0 Å². The van der Waals surface area contributed by atoms with E-state index in [1.165, 1.54) is 19.3 Å².